The number of hydrogen-bond donors (Lipinski definition) is 2. The van der Waals surface area contributed by atoms with Gasteiger partial charge < -0.3 is 11.1 Å². The Kier molecular flexibility index (Phi) is 5.56. The number of benzene rings is 1. The molecule has 1 aromatic rings. The smallest absolute Gasteiger partial charge is 0.254 e. The molecule has 0 radical (unpaired) electrons. The van der Waals surface area contributed by atoms with Crippen LogP contribution >= 0.6 is 11.6 Å². The lowest BCUT2D eigenvalue weighted by Crippen LogP contribution is -2.41. The predicted molar refractivity (Wildman–Crippen MR) is 71.2 cm³/mol. The average molecular weight is 273 g/mol. The molecule has 0 heterocycles. The highest BCUT2D eigenvalue weighted by molar-refractivity contribution is 6.31. The second-order valence-electron chi connectivity index (χ2n) is 4.64. The zero-order chi connectivity index (χ0) is 13.7. The highest BCUT2D eigenvalue weighted by atomic mass is 35.5. The van der Waals surface area contributed by atoms with Crippen molar-refractivity contribution in [2.45, 2.75) is 26.3 Å². The molecule has 0 fully saturated rings. The Morgan fingerprint density at radius 1 is 1.50 bits per heavy atom. The molecule has 5 heteroatoms. The van der Waals surface area contributed by atoms with Crippen LogP contribution in [0.5, 0.6) is 0 Å². The van der Waals surface area contributed by atoms with Crippen molar-refractivity contribution in [1.29, 1.82) is 0 Å². The number of rotatable bonds is 5. The fraction of sp³-hybridized carbons (Fsp3) is 0.462. The van der Waals surface area contributed by atoms with Crippen LogP contribution in [0.25, 0.3) is 0 Å². The number of carbonyl (C=O) groups is 1. The first-order valence-corrected chi connectivity index (χ1v) is 6.28. The Morgan fingerprint density at radius 3 is 2.72 bits per heavy atom. The number of amides is 1. The molecule has 3 N–H and O–H groups in total. The van der Waals surface area contributed by atoms with Gasteiger partial charge >= 0.3 is 0 Å². The SMILES string of the molecule is CC(C)CC(CN)NC(=O)c1cccc(Cl)c1F. The van der Waals surface area contributed by atoms with Gasteiger partial charge in [-0.3, -0.25) is 4.79 Å². The van der Waals surface area contributed by atoms with Crippen molar-refractivity contribution in [3.63, 3.8) is 0 Å². The molecular formula is C13H18ClFN2O. The van der Waals surface area contributed by atoms with Gasteiger partial charge in [-0.25, -0.2) is 4.39 Å². The first kappa shape index (κ1) is 14.9. The molecule has 0 aliphatic rings. The molecule has 18 heavy (non-hydrogen) atoms. The third-order valence-electron chi connectivity index (χ3n) is 2.57. The first-order chi connectivity index (χ1) is 8.45. The molecule has 0 aromatic heterocycles. The second-order valence-corrected chi connectivity index (χ2v) is 5.04. The summed E-state index contributed by atoms with van der Waals surface area (Å²) in [6.45, 7) is 4.40. The van der Waals surface area contributed by atoms with Crippen molar-refractivity contribution in [2.24, 2.45) is 11.7 Å². The van der Waals surface area contributed by atoms with Gasteiger partial charge in [0.2, 0.25) is 0 Å². The quantitative estimate of drug-likeness (QED) is 0.866. The summed E-state index contributed by atoms with van der Waals surface area (Å²) >= 11 is 5.63. The summed E-state index contributed by atoms with van der Waals surface area (Å²) in [5, 5.41) is 2.66. The minimum atomic E-state index is -0.697. The lowest BCUT2D eigenvalue weighted by molar-refractivity contribution is 0.0929. The Morgan fingerprint density at radius 2 is 2.17 bits per heavy atom. The monoisotopic (exact) mass is 272 g/mol. The van der Waals surface area contributed by atoms with Gasteiger partial charge in [0.15, 0.2) is 5.82 Å². The van der Waals surface area contributed by atoms with E-state index < -0.39 is 11.7 Å². The van der Waals surface area contributed by atoms with Crippen LogP contribution in [0, 0.1) is 11.7 Å². The summed E-state index contributed by atoms with van der Waals surface area (Å²) < 4.78 is 13.6. The number of carbonyl (C=O) groups excluding carboxylic acids is 1. The highest BCUT2D eigenvalue weighted by Gasteiger charge is 2.17. The van der Waals surface area contributed by atoms with Crippen LogP contribution in [-0.2, 0) is 0 Å². The maximum Gasteiger partial charge on any atom is 0.254 e. The van der Waals surface area contributed by atoms with Crippen molar-refractivity contribution < 1.29 is 9.18 Å². The molecule has 1 rings (SSSR count). The van der Waals surface area contributed by atoms with E-state index in [1.807, 2.05) is 13.8 Å². The molecule has 0 spiro atoms. The number of halogens is 2. The van der Waals surface area contributed by atoms with Crippen LogP contribution in [0.4, 0.5) is 4.39 Å². The van der Waals surface area contributed by atoms with E-state index in [1.165, 1.54) is 12.1 Å². The Bertz CT molecular complexity index is 423. The van der Waals surface area contributed by atoms with Gasteiger partial charge in [-0.05, 0) is 24.5 Å². The Labute approximate surface area is 112 Å². The van der Waals surface area contributed by atoms with Crippen LogP contribution < -0.4 is 11.1 Å². The lowest BCUT2D eigenvalue weighted by atomic mass is 10.0. The summed E-state index contributed by atoms with van der Waals surface area (Å²) in [4.78, 5) is 11.9. The van der Waals surface area contributed by atoms with Crippen molar-refractivity contribution in [2.75, 3.05) is 6.54 Å². The van der Waals surface area contributed by atoms with Crippen LogP contribution in [-0.4, -0.2) is 18.5 Å². The van der Waals surface area contributed by atoms with Gasteiger partial charge in [0, 0.05) is 12.6 Å². The second kappa shape index (κ2) is 6.71. The van der Waals surface area contributed by atoms with Crippen molar-refractivity contribution in [1.82, 2.24) is 5.32 Å². The molecular weight excluding hydrogens is 255 g/mol. The van der Waals surface area contributed by atoms with E-state index in [1.54, 1.807) is 6.07 Å². The van der Waals surface area contributed by atoms with E-state index in [2.05, 4.69) is 5.32 Å². The molecule has 0 aliphatic carbocycles. The summed E-state index contributed by atoms with van der Waals surface area (Å²) in [5.74, 6) is -0.772. The van der Waals surface area contributed by atoms with Crippen molar-refractivity contribution in [3.8, 4) is 0 Å². The predicted octanol–water partition coefficient (Wildman–Crippen LogP) is 2.58. The fourth-order valence-electron chi connectivity index (χ4n) is 1.73. The maximum absolute atomic E-state index is 13.6. The third kappa shape index (κ3) is 3.96. The number of hydrogen-bond acceptors (Lipinski definition) is 2. The summed E-state index contributed by atoms with van der Waals surface area (Å²) in [5.41, 5.74) is 5.53. The zero-order valence-electron chi connectivity index (χ0n) is 10.5. The molecule has 0 bridgehead atoms. The van der Waals surface area contributed by atoms with Gasteiger partial charge in [0.05, 0.1) is 10.6 Å². The van der Waals surface area contributed by atoms with E-state index >= 15 is 0 Å². The van der Waals surface area contributed by atoms with E-state index in [9.17, 15) is 9.18 Å². The number of nitrogens with one attached hydrogen (secondary N) is 1. The van der Waals surface area contributed by atoms with Gasteiger partial charge in [0.1, 0.15) is 0 Å². The molecule has 1 amide bonds. The molecule has 1 unspecified atom stereocenters. The van der Waals surface area contributed by atoms with Gasteiger partial charge in [-0.2, -0.15) is 0 Å². The normalized spacial score (nSPS) is 12.6. The molecule has 100 valence electrons. The molecule has 1 aromatic carbocycles. The van der Waals surface area contributed by atoms with E-state index in [4.69, 9.17) is 17.3 Å². The van der Waals surface area contributed by atoms with Crippen molar-refractivity contribution >= 4 is 17.5 Å². The Hall–Kier alpha value is -1.13. The topological polar surface area (TPSA) is 55.1 Å². The van der Waals surface area contributed by atoms with Crippen LogP contribution in [0.1, 0.15) is 30.6 Å². The summed E-state index contributed by atoms with van der Waals surface area (Å²) in [7, 11) is 0. The summed E-state index contributed by atoms with van der Waals surface area (Å²) in [6, 6.07) is 4.19. The fourth-order valence-corrected chi connectivity index (χ4v) is 1.90. The average Bonchev–Trinajstić information content (AvgIpc) is 2.31. The molecule has 0 saturated carbocycles. The van der Waals surface area contributed by atoms with Crippen LogP contribution in [0.2, 0.25) is 5.02 Å². The minimum absolute atomic E-state index is 0.0512. The largest absolute Gasteiger partial charge is 0.348 e. The summed E-state index contributed by atoms with van der Waals surface area (Å²) in [6.07, 6.45) is 0.754. The number of nitrogens with two attached hydrogens (primary N) is 1. The standard InChI is InChI=1S/C13H18ClFN2O/c1-8(2)6-9(7-16)17-13(18)10-4-3-5-11(14)12(10)15/h3-5,8-9H,6-7,16H2,1-2H3,(H,17,18). The molecule has 3 nitrogen and oxygen atoms in total. The lowest BCUT2D eigenvalue weighted by Gasteiger charge is -2.19. The first-order valence-electron chi connectivity index (χ1n) is 5.90. The van der Waals surface area contributed by atoms with E-state index in [0.29, 0.717) is 12.5 Å². The minimum Gasteiger partial charge on any atom is -0.348 e. The van der Waals surface area contributed by atoms with Crippen molar-refractivity contribution in [3.05, 3.63) is 34.6 Å². The van der Waals surface area contributed by atoms with Gasteiger partial charge in [-0.15, -0.1) is 0 Å². The van der Waals surface area contributed by atoms with E-state index in [-0.39, 0.29) is 16.6 Å². The highest BCUT2D eigenvalue weighted by Crippen LogP contribution is 2.18. The van der Waals surface area contributed by atoms with Crippen LogP contribution in [0.3, 0.4) is 0 Å². The molecule has 0 saturated heterocycles. The van der Waals surface area contributed by atoms with Gasteiger partial charge in [-0.1, -0.05) is 31.5 Å². The Balaban J connectivity index is 2.78. The van der Waals surface area contributed by atoms with Crippen LogP contribution in [0.15, 0.2) is 18.2 Å². The van der Waals surface area contributed by atoms with Gasteiger partial charge in [0.25, 0.3) is 5.91 Å². The third-order valence-corrected chi connectivity index (χ3v) is 2.86. The molecule has 0 aliphatic heterocycles. The zero-order valence-corrected chi connectivity index (χ0v) is 11.3. The molecule has 1 atom stereocenters. The maximum atomic E-state index is 13.6. The van der Waals surface area contributed by atoms with E-state index in [0.717, 1.165) is 6.42 Å².